The molecule has 304 valence electrons. The Kier molecular flexibility index (Phi) is 13.8. The average Bonchev–Trinajstić information content (AvgIpc) is 4.10. The van der Waals surface area contributed by atoms with E-state index in [1.807, 2.05) is 58.7 Å². The summed E-state index contributed by atoms with van der Waals surface area (Å²) in [4.78, 5) is 37.6. The third-order valence-electron chi connectivity index (χ3n) is 9.34. The number of halogens is 2. The Hall–Kier alpha value is -5.12. The standard InChI is InChI=1S/2C18H20ClN7O2S/c1-29-23-16-4-5-26(22-16)18(27)25-8-6-24(7-9-25)11-13-2-3-15(19)14(10-13)17-21-20-12-28-17;1-29-23-16-4-5-26(21-16)18(27)25-8-6-24(7-9-25)11-13-2-3-15(19)14(10-13)17-20-12-28-22-17/h2-5,10,12H,6-9,11H2,1H3,(H,22,23);2-5,10,12H,6-9,11H2,1H3,(H,21,23). The minimum absolute atomic E-state index is 0.107. The Morgan fingerprint density at radius 3 is 1.69 bits per heavy atom. The van der Waals surface area contributed by atoms with Crippen LogP contribution in [0.1, 0.15) is 11.1 Å². The van der Waals surface area contributed by atoms with Gasteiger partial charge in [0.1, 0.15) is 0 Å². The number of aromatic nitrogens is 8. The Labute approximate surface area is 352 Å². The maximum atomic E-state index is 12.6. The third-order valence-corrected chi connectivity index (χ3v) is 10.8. The van der Waals surface area contributed by atoms with E-state index in [4.69, 9.17) is 32.1 Å². The van der Waals surface area contributed by atoms with E-state index in [2.05, 4.69) is 49.8 Å². The Bertz CT molecular complexity index is 2100. The van der Waals surface area contributed by atoms with Gasteiger partial charge >= 0.3 is 12.1 Å². The summed E-state index contributed by atoms with van der Waals surface area (Å²) in [7, 11) is 0. The second-order valence-corrected chi connectivity index (χ2v) is 15.2. The van der Waals surface area contributed by atoms with Crippen LogP contribution in [-0.4, -0.2) is 136 Å². The van der Waals surface area contributed by atoms with Crippen LogP contribution in [0.15, 0.2) is 82.7 Å². The van der Waals surface area contributed by atoms with E-state index in [1.54, 1.807) is 24.5 Å². The smallest absolute Gasteiger partial charge is 0.344 e. The molecule has 58 heavy (non-hydrogen) atoms. The molecule has 0 spiro atoms. The van der Waals surface area contributed by atoms with Crippen LogP contribution in [0.3, 0.4) is 0 Å². The number of carbonyl (C=O) groups excluding carboxylic acids is 2. The van der Waals surface area contributed by atoms with E-state index in [0.717, 1.165) is 61.5 Å². The highest BCUT2D eigenvalue weighted by Gasteiger charge is 2.25. The fraction of sp³-hybridized carbons (Fsp3) is 0.333. The molecule has 2 amide bonds. The summed E-state index contributed by atoms with van der Waals surface area (Å²) in [6, 6.07) is 15.0. The second kappa shape index (κ2) is 19.6. The summed E-state index contributed by atoms with van der Waals surface area (Å²) in [6.45, 7) is 7.22. The monoisotopic (exact) mass is 866 g/mol. The fourth-order valence-corrected chi connectivity index (χ4v) is 7.47. The van der Waals surface area contributed by atoms with Gasteiger partial charge in [-0.3, -0.25) is 9.80 Å². The summed E-state index contributed by atoms with van der Waals surface area (Å²) in [5.74, 6) is 2.22. The highest BCUT2D eigenvalue weighted by molar-refractivity contribution is 8.00. The zero-order chi connectivity index (χ0) is 40.4. The molecule has 2 aliphatic rings. The topological polar surface area (TPSA) is 185 Å². The fourth-order valence-electron chi connectivity index (χ4n) is 6.44. The zero-order valence-corrected chi connectivity index (χ0v) is 34.7. The first-order valence-electron chi connectivity index (χ1n) is 18.1. The molecule has 0 atom stereocenters. The van der Waals surface area contributed by atoms with Gasteiger partial charge in [-0.1, -0.05) is 64.4 Å². The van der Waals surface area contributed by atoms with Crippen LogP contribution >= 0.6 is 47.1 Å². The van der Waals surface area contributed by atoms with Gasteiger partial charge in [-0.05, 0) is 35.4 Å². The number of nitrogens with one attached hydrogen (secondary N) is 2. The first-order chi connectivity index (χ1) is 28.3. The van der Waals surface area contributed by atoms with Crippen LogP contribution in [0.25, 0.3) is 22.8 Å². The molecule has 6 heterocycles. The quantitative estimate of drug-likeness (QED) is 0.150. The van der Waals surface area contributed by atoms with E-state index in [-0.39, 0.29) is 12.1 Å². The van der Waals surface area contributed by atoms with Crippen molar-refractivity contribution >= 4 is 70.8 Å². The molecule has 2 fully saturated rings. The number of amides is 2. The molecule has 6 aromatic rings. The normalized spacial score (nSPS) is 14.9. The average molecular weight is 868 g/mol. The first-order valence-corrected chi connectivity index (χ1v) is 21.3. The number of rotatable bonds is 10. The summed E-state index contributed by atoms with van der Waals surface area (Å²) in [5, 5.41) is 21.2. The lowest BCUT2D eigenvalue weighted by Crippen LogP contribution is -2.49. The van der Waals surface area contributed by atoms with Gasteiger partial charge in [-0.15, -0.1) is 20.4 Å². The molecule has 0 radical (unpaired) electrons. The lowest BCUT2D eigenvalue weighted by atomic mass is 10.1. The number of hydrogen-bond donors (Lipinski definition) is 2. The van der Waals surface area contributed by atoms with Crippen LogP contribution in [0, 0.1) is 0 Å². The molecule has 0 bridgehead atoms. The van der Waals surface area contributed by atoms with Crippen molar-refractivity contribution in [2.45, 2.75) is 13.1 Å². The molecular formula is C36H40Cl2N14O4S2. The van der Waals surface area contributed by atoms with Gasteiger partial charge < -0.3 is 28.2 Å². The Balaban J connectivity index is 0.000000177. The molecule has 0 aliphatic carbocycles. The van der Waals surface area contributed by atoms with E-state index >= 15 is 0 Å². The van der Waals surface area contributed by atoms with Gasteiger partial charge in [0.15, 0.2) is 11.6 Å². The number of hydrogen-bond acceptors (Lipinski definition) is 16. The number of piperazine rings is 2. The maximum Gasteiger partial charge on any atom is 0.344 e. The third kappa shape index (κ3) is 10.3. The van der Waals surface area contributed by atoms with Gasteiger partial charge in [0, 0.05) is 108 Å². The Morgan fingerprint density at radius 2 is 1.22 bits per heavy atom. The van der Waals surface area contributed by atoms with E-state index in [0.29, 0.717) is 59.6 Å². The lowest BCUT2D eigenvalue weighted by molar-refractivity contribution is 0.134. The van der Waals surface area contributed by atoms with Crippen molar-refractivity contribution in [3.05, 3.63) is 94.9 Å². The largest absolute Gasteiger partial charge is 0.423 e. The molecule has 22 heteroatoms. The molecule has 2 aromatic carbocycles. The number of benzene rings is 2. The van der Waals surface area contributed by atoms with E-state index in [9.17, 15) is 9.59 Å². The van der Waals surface area contributed by atoms with Crippen LogP contribution in [0.5, 0.6) is 0 Å². The van der Waals surface area contributed by atoms with Crippen LogP contribution in [0.2, 0.25) is 10.0 Å². The zero-order valence-electron chi connectivity index (χ0n) is 31.6. The van der Waals surface area contributed by atoms with Gasteiger partial charge in [0.2, 0.25) is 24.5 Å². The van der Waals surface area contributed by atoms with Crippen LogP contribution in [0.4, 0.5) is 21.2 Å². The minimum Gasteiger partial charge on any atom is -0.423 e. The summed E-state index contributed by atoms with van der Waals surface area (Å²) in [6.07, 6.45) is 9.75. The second-order valence-electron chi connectivity index (χ2n) is 13.1. The first kappa shape index (κ1) is 41.1. The number of anilines is 2. The predicted octanol–water partition coefficient (Wildman–Crippen LogP) is 6.12. The summed E-state index contributed by atoms with van der Waals surface area (Å²) < 4.78 is 18.9. The molecule has 2 N–H and O–H groups in total. The molecule has 2 saturated heterocycles. The van der Waals surface area contributed by atoms with E-state index < -0.39 is 0 Å². The number of carbonyl (C=O) groups is 2. The van der Waals surface area contributed by atoms with Gasteiger partial charge in [-0.25, -0.2) is 9.59 Å². The van der Waals surface area contributed by atoms with Crippen LogP contribution in [-0.2, 0) is 13.1 Å². The van der Waals surface area contributed by atoms with Crippen molar-refractivity contribution in [1.29, 1.82) is 0 Å². The molecule has 0 unspecified atom stereocenters. The molecule has 2 aliphatic heterocycles. The van der Waals surface area contributed by atoms with Gasteiger partial charge in [0.05, 0.1) is 15.6 Å². The van der Waals surface area contributed by atoms with Crippen molar-refractivity contribution in [3.63, 3.8) is 0 Å². The van der Waals surface area contributed by atoms with Crippen molar-refractivity contribution < 1.29 is 18.5 Å². The molecule has 18 nitrogen and oxygen atoms in total. The number of nitrogens with zero attached hydrogens (tertiary/aromatic N) is 12. The predicted molar refractivity (Wildman–Crippen MR) is 224 cm³/mol. The highest BCUT2D eigenvalue weighted by Crippen LogP contribution is 2.29. The van der Waals surface area contributed by atoms with Crippen molar-refractivity contribution in [1.82, 2.24) is 59.5 Å². The molecule has 4 aromatic heterocycles. The minimum atomic E-state index is -0.107. The molecular weight excluding hydrogens is 828 g/mol. The van der Waals surface area contributed by atoms with E-state index in [1.165, 1.54) is 46.0 Å². The van der Waals surface area contributed by atoms with Crippen molar-refractivity contribution in [3.8, 4) is 22.8 Å². The highest BCUT2D eigenvalue weighted by atomic mass is 35.5. The lowest BCUT2D eigenvalue weighted by Gasteiger charge is -2.34. The molecule has 0 saturated carbocycles. The Morgan fingerprint density at radius 1 is 0.707 bits per heavy atom. The van der Waals surface area contributed by atoms with Crippen molar-refractivity contribution in [2.75, 3.05) is 74.3 Å². The van der Waals surface area contributed by atoms with Crippen LogP contribution < -0.4 is 9.44 Å². The van der Waals surface area contributed by atoms with Crippen molar-refractivity contribution in [2.24, 2.45) is 0 Å². The summed E-state index contributed by atoms with van der Waals surface area (Å²) in [5.41, 5.74) is 3.68. The van der Waals surface area contributed by atoms with Gasteiger partial charge in [0.25, 0.3) is 0 Å². The summed E-state index contributed by atoms with van der Waals surface area (Å²) >= 11 is 15.4. The molecule has 8 rings (SSSR count). The maximum absolute atomic E-state index is 12.6. The van der Waals surface area contributed by atoms with Gasteiger partial charge in [-0.2, -0.15) is 14.3 Å². The SMILES string of the molecule is CSNc1ccn(C(=O)N2CCN(Cc3ccc(Cl)c(-c4ncon4)c3)CC2)n1.CSNc1ccn(C(=O)N2CCN(Cc3ccc(Cl)c(-c4nnco4)c3)CC2)n1.